The summed E-state index contributed by atoms with van der Waals surface area (Å²) in [7, 11) is 0. The summed E-state index contributed by atoms with van der Waals surface area (Å²) in [5.41, 5.74) is 5.14. The Kier molecular flexibility index (Phi) is 4.39. The quantitative estimate of drug-likeness (QED) is 0.790. The molecule has 27 heavy (non-hydrogen) atoms. The van der Waals surface area contributed by atoms with Gasteiger partial charge in [0.1, 0.15) is 6.54 Å². The molecule has 1 fully saturated rings. The highest BCUT2D eigenvalue weighted by Crippen LogP contribution is 2.28. The third kappa shape index (κ3) is 3.18. The Balaban J connectivity index is 1.52. The summed E-state index contributed by atoms with van der Waals surface area (Å²) < 4.78 is 0. The van der Waals surface area contributed by atoms with Crippen LogP contribution in [0.4, 0.5) is 4.79 Å². The van der Waals surface area contributed by atoms with Crippen LogP contribution >= 0.6 is 0 Å². The van der Waals surface area contributed by atoms with Gasteiger partial charge in [0.2, 0.25) is 5.91 Å². The maximum absolute atomic E-state index is 12.6. The van der Waals surface area contributed by atoms with Gasteiger partial charge in [-0.05, 0) is 12.0 Å². The van der Waals surface area contributed by atoms with E-state index >= 15 is 0 Å². The van der Waals surface area contributed by atoms with Gasteiger partial charge >= 0.3 is 6.03 Å². The minimum Gasteiger partial charge on any atom is -0.336 e. The fourth-order valence-corrected chi connectivity index (χ4v) is 3.50. The number of urea groups is 1. The first-order chi connectivity index (χ1) is 13.1. The molecule has 0 bridgehead atoms. The fraction of sp³-hybridized carbons (Fsp3) is 0.368. The molecule has 0 aliphatic carbocycles. The average molecular weight is 367 g/mol. The van der Waals surface area contributed by atoms with E-state index in [1.807, 2.05) is 12.1 Å². The first kappa shape index (κ1) is 17.3. The van der Waals surface area contributed by atoms with Gasteiger partial charge in [-0.3, -0.25) is 19.6 Å². The molecule has 0 radical (unpaired) electrons. The number of imide groups is 1. The van der Waals surface area contributed by atoms with Crippen molar-refractivity contribution in [2.75, 3.05) is 19.6 Å². The van der Waals surface area contributed by atoms with Crippen molar-refractivity contribution in [2.45, 2.75) is 26.3 Å². The predicted octanol–water partition coefficient (Wildman–Crippen LogP) is 1.08. The second-order valence-electron chi connectivity index (χ2n) is 6.78. The van der Waals surface area contributed by atoms with E-state index in [9.17, 15) is 14.4 Å². The number of aryl methyl sites for hydroxylation is 1. The smallest absolute Gasteiger partial charge is 0.325 e. The van der Waals surface area contributed by atoms with E-state index in [-0.39, 0.29) is 24.9 Å². The highest BCUT2D eigenvalue weighted by Gasteiger charge is 2.33. The molecule has 4 rings (SSSR count). The summed E-state index contributed by atoms with van der Waals surface area (Å²) in [4.78, 5) is 38.6. The summed E-state index contributed by atoms with van der Waals surface area (Å²) >= 11 is 0. The number of aromatic amines is 1. The van der Waals surface area contributed by atoms with Crippen LogP contribution < -0.4 is 5.32 Å². The molecule has 0 saturated carbocycles. The first-order valence-electron chi connectivity index (χ1n) is 9.08. The Labute approximate surface area is 156 Å². The van der Waals surface area contributed by atoms with E-state index in [1.165, 1.54) is 5.56 Å². The van der Waals surface area contributed by atoms with E-state index in [0.29, 0.717) is 19.5 Å². The zero-order valence-electron chi connectivity index (χ0n) is 15.1. The molecule has 2 aliphatic rings. The van der Waals surface area contributed by atoms with E-state index in [0.717, 1.165) is 33.8 Å². The lowest BCUT2D eigenvalue weighted by Gasteiger charge is -2.28. The van der Waals surface area contributed by atoms with Gasteiger partial charge in [0.25, 0.3) is 5.91 Å². The molecule has 2 aromatic rings. The third-order valence-corrected chi connectivity index (χ3v) is 5.15. The molecular weight excluding hydrogens is 346 g/mol. The van der Waals surface area contributed by atoms with E-state index in [2.05, 4.69) is 34.6 Å². The van der Waals surface area contributed by atoms with E-state index in [1.54, 1.807) is 4.90 Å². The van der Waals surface area contributed by atoms with Crippen molar-refractivity contribution < 1.29 is 14.4 Å². The highest BCUT2D eigenvalue weighted by atomic mass is 16.2. The Morgan fingerprint density at radius 2 is 2.00 bits per heavy atom. The molecule has 4 amide bonds. The molecule has 8 heteroatoms. The van der Waals surface area contributed by atoms with Crippen molar-refractivity contribution in [2.24, 2.45) is 0 Å². The minimum absolute atomic E-state index is 0.0457. The number of nitrogens with zero attached hydrogens (tertiary/aromatic N) is 3. The predicted molar refractivity (Wildman–Crippen MR) is 97.6 cm³/mol. The Bertz CT molecular complexity index is 887. The van der Waals surface area contributed by atoms with Gasteiger partial charge in [-0.15, -0.1) is 0 Å². The van der Waals surface area contributed by atoms with Gasteiger partial charge in [0.05, 0.1) is 12.2 Å². The van der Waals surface area contributed by atoms with Crippen LogP contribution in [0.25, 0.3) is 11.3 Å². The molecule has 2 N–H and O–H groups in total. The second kappa shape index (κ2) is 6.86. The van der Waals surface area contributed by atoms with Crippen molar-refractivity contribution in [3.63, 3.8) is 0 Å². The van der Waals surface area contributed by atoms with Crippen LogP contribution in [0.5, 0.6) is 0 Å². The summed E-state index contributed by atoms with van der Waals surface area (Å²) in [6.45, 7) is 2.79. The zero-order chi connectivity index (χ0) is 19.0. The number of fused-ring (bicyclic) bond motifs is 1. The maximum Gasteiger partial charge on any atom is 0.325 e. The Hall–Kier alpha value is -3.16. The third-order valence-electron chi connectivity index (χ3n) is 5.15. The zero-order valence-corrected chi connectivity index (χ0v) is 15.1. The van der Waals surface area contributed by atoms with Gasteiger partial charge in [0.15, 0.2) is 0 Å². The molecule has 0 atom stereocenters. The number of hydrogen-bond acceptors (Lipinski definition) is 4. The topological polar surface area (TPSA) is 98.4 Å². The molecule has 1 aromatic heterocycles. The lowest BCUT2D eigenvalue weighted by molar-refractivity contribution is -0.137. The molecule has 1 saturated heterocycles. The minimum atomic E-state index is -0.508. The molecule has 0 spiro atoms. The van der Waals surface area contributed by atoms with Crippen LogP contribution in [0.3, 0.4) is 0 Å². The summed E-state index contributed by atoms with van der Waals surface area (Å²) in [5.74, 6) is -0.606. The Morgan fingerprint density at radius 1 is 1.22 bits per heavy atom. The molecule has 140 valence electrons. The second-order valence-corrected chi connectivity index (χ2v) is 6.78. The first-order valence-corrected chi connectivity index (χ1v) is 9.08. The molecule has 2 aliphatic heterocycles. The van der Waals surface area contributed by atoms with Crippen molar-refractivity contribution in [1.82, 2.24) is 25.3 Å². The highest BCUT2D eigenvalue weighted by molar-refractivity contribution is 6.04. The molecule has 0 unspecified atom stereocenters. The van der Waals surface area contributed by atoms with Gasteiger partial charge in [-0.1, -0.05) is 31.2 Å². The number of hydrogen-bond donors (Lipinski definition) is 2. The van der Waals surface area contributed by atoms with Crippen LogP contribution in [0.2, 0.25) is 0 Å². The number of rotatable bonds is 4. The summed E-state index contributed by atoms with van der Waals surface area (Å²) in [6, 6.07) is 7.75. The van der Waals surface area contributed by atoms with Crippen LogP contribution in [0.1, 0.15) is 23.7 Å². The number of nitrogens with one attached hydrogen (secondary N) is 2. The number of carbonyl (C=O) groups excluding carboxylic acids is 3. The van der Waals surface area contributed by atoms with Crippen molar-refractivity contribution in [1.29, 1.82) is 0 Å². The molecule has 8 nitrogen and oxygen atoms in total. The summed E-state index contributed by atoms with van der Waals surface area (Å²) in [5, 5.41) is 9.97. The monoisotopic (exact) mass is 367 g/mol. The van der Waals surface area contributed by atoms with E-state index < -0.39 is 6.03 Å². The number of amides is 4. The lowest BCUT2D eigenvalue weighted by atomic mass is 10.00. The number of carbonyl (C=O) groups is 3. The lowest BCUT2D eigenvalue weighted by Crippen LogP contribution is -2.44. The van der Waals surface area contributed by atoms with Crippen molar-refractivity contribution in [3.05, 3.63) is 41.1 Å². The number of aromatic nitrogens is 2. The largest absolute Gasteiger partial charge is 0.336 e. The molecular formula is C19H21N5O3. The van der Waals surface area contributed by atoms with Crippen molar-refractivity contribution in [3.8, 4) is 11.3 Å². The number of H-pyrrole nitrogens is 1. The maximum atomic E-state index is 12.6. The van der Waals surface area contributed by atoms with Crippen LogP contribution in [0.15, 0.2) is 24.3 Å². The van der Waals surface area contributed by atoms with Gasteiger partial charge < -0.3 is 10.2 Å². The van der Waals surface area contributed by atoms with Gasteiger partial charge in [-0.25, -0.2) is 4.79 Å². The average Bonchev–Trinajstić information content (AvgIpc) is 3.25. The number of benzene rings is 1. The van der Waals surface area contributed by atoms with Crippen LogP contribution in [0, 0.1) is 0 Å². The molecule has 3 heterocycles. The van der Waals surface area contributed by atoms with Crippen LogP contribution in [-0.4, -0.2) is 57.5 Å². The van der Waals surface area contributed by atoms with Gasteiger partial charge in [0, 0.05) is 36.3 Å². The van der Waals surface area contributed by atoms with E-state index in [4.69, 9.17) is 0 Å². The molecule has 1 aromatic carbocycles. The SMILES string of the molecule is CCc1ccc(-c2n[nH]c3c2CN(C(=O)CN2C(=O)CNC2=O)CC3)cc1. The summed E-state index contributed by atoms with van der Waals surface area (Å²) in [6.07, 6.45) is 1.64. The van der Waals surface area contributed by atoms with Crippen molar-refractivity contribution >= 4 is 17.8 Å². The normalized spacial score (nSPS) is 16.5. The Morgan fingerprint density at radius 3 is 2.67 bits per heavy atom. The van der Waals surface area contributed by atoms with Crippen LogP contribution in [-0.2, 0) is 29.0 Å². The van der Waals surface area contributed by atoms with Gasteiger partial charge in [-0.2, -0.15) is 5.10 Å². The standard InChI is InChI=1S/C19H21N5O3/c1-2-12-3-5-13(6-4-12)18-14-10-23(8-7-15(14)21-22-18)17(26)11-24-16(25)9-20-19(24)27/h3-6H,2,7-11H2,1H3,(H,20,27)(H,21,22). The fourth-order valence-electron chi connectivity index (χ4n) is 3.50.